The average Bonchev–Trinajstić information content (AvgIpc) is 2.61. The predicted octanol–water partition coefficient (Wildman–Crippen LogP) is 1.67. The fourth-order valence-electron chi connectivity index (χ4n) is 2.09. The largest absolute Gasteiger partial charge is 0.356 e. The van der Waals surface area contributed by atoms with E-state index in [1.807, 2.05) is 0 Å². The maximum absolute atomic E-state index is 11.5. The highest BCUT2D eigenvalue weighted by Gasteiger charge is 2.21. The van der Waals surface area contributed by atoms with Gasteiger partial charge in [0.15, 0.2) is 0 Å². The molecule has 0 aromatic carbocycles. The summed E-state index contributed by atoms with van der Waals surface area (Å²) in [7, 11) is 0. The van der Waals surface area contributed by atoms with Crippen LogP contribution < -0.4 is 11.1 Å². The third-order valence-corrected chi connectivity index (χ3v) is 3.40. The van der Waals surface area contributed by atoms with E-state index in [1.54, 1.807) is 0 Å². The molecule has 1 amide bonds. The van der Waals surface area contributed by atoms with Crippen molar-refractivity contribution in [2.24, 2.45) is 17.6 Å². The monoisotopic (exact) mass is 212 g/mol. The lowest BCUT2D eigenvalue weighted by atomic mass is 10.0. The van der Waals surface area contributed by atoms with Gasteiger partial charge in [0.25, 0.3) is 0 Å². The first kappa shape index (κ1) is 12.5. The minimum Gasteiger partial charge on any atom is -0.356 e. The molecule has 3 heteroatoms. The molecule has 88 valence electrons. The lowest BCUT2D eigenvalue weighted by Crippen LogP contribution is -2.30. The summed E-state index contributed by atoms with van der Waals surface area (Å²) in [4.78, 5) is 11.5. The van der Waals surface area contributed by atoms with Crippen molar-refractivity contribution in [3.8, 4) is 0 Å². The molecule has 0 saturated heterocycles. The van der Waals surface area contributed by atoms with Gasteiger partial charge in [-0.05, 0) is 31.1 Å². The van der Waals surface area contributed by atoms with Gasteiger partial charge in [-0.25, -0.2) is 0 Å². The van der Waals surface area contributed by atoms with Crippen LogP contribution >= 0.6 is 0 Å². The number of rotatable bonds is 5. The quantitative estimate of drug-likeness (QED) is 0.728. The van der Waals surface area contributed by atoms with Gasteiger partial charge in [-0.15, -0.1) is 0 Å². The highest BCUT2D eigenvalue weighted by molar-refractivity contribution is 5.76. The summed E-state index contributed by atoms with van der Waals surface area (Å²) >= 11 is 0. The Morgan fingerprint density at radius 3 is 2.80 bits per heavy atom. The molecule has 1 aliphatic carbocycles. The standard InChI is InChI=1S/C12H24N2O/c1-3-9(2)6-12(15)14-8-10-4-5-11(13)7-10/h9-11H,3-8,13H2,1-2H3,(H,14,15). The normalized spacial score (nSPS) is 27.7. The molecular formula is C12H24N2O. The van der Waals surface area contributed by atoms with Crippen LogP contribution in [0.1, 0.15) is 46.0 Å². The molecule has 1 saturated carbocycles. The van der Waals surface area contributed by atoms with Crippen LogP contribution in [-0.2, 0) is 4.79 Å². The van der Waals surface area contributed by atoms with Gasteiger partial charge >= 0.3 is 0 Å². The number of hydrogen-bond donors (Lipinski definition) is 2. The Kier molecular flexibility index (Phi) is 5.09. The summed E-state index contributed by atoms with van der Waals surface area (Å²) in [5, 5.41) is 3.02. The Hall–Kier alpha value is -0.570. The summed E-state index contributed by atoms with van der Waals surface area (Å²) < 4.78 is 0. The first-order valence-electron chi connectivity index (χ1n) is 6.14. The zero-order valence-electron chi connectivity index (χ0n) is 9.96. The molecular weight excluding hydrogens is 188 g/mol. The third-order valence-electron chi connectivity index (χ3n) is 3.40. The minimum atomic E-state index is 0.199. The fraction of sp³-hybridized carbons (Fsp3) is 0.917. The molecule has 0 aromatic heterocycles. The van der Waals surface area contributed by atoms with Gasteiger partial charge in [-0.1, -0.05) is 20.3 Å². The van der Waals surface area contributed by atoms with Crippen molar-refractivity contribution in [3.63, 3.8) is 0 Å². The van der Waals surface area contributed by atoms with Crippen LogP contribution in [0.5, 0.6) is 0 Å². The Morgan fingerprint density at radius 2 is 2.27 bits per heavy atom. The second-order valence-corrected chi connectivity index (χ2v) is 4.96. The molecule has 3 N–H and O–H groups in total. The van der Waals surface area contributed by atoms with Gasteiger partial charge in [0.2, 0.25) is 5.91 Å². The minimum absolute atomic E-state index is 0.199. The molecule has 15 heavy (non-hydrogen) atoms. The zero-order chi connectivity index (χ0) is 11.3. The molecule has 0 aromatic rings. The summed E-state index contributed by atoms with van der Waals surface area (Å²) in [5.41, 5.74) is 5.82. The molecule has 1 aliphatic rings. The number of hydrogen-bond acceptors (Lipinski definition) is 2. The number of carbonyl (C=O) groups excluding carboxylic acids is 1. The van der Waals surface area contributed by atoms with Crippen molar-refractivity contribution < 1.29 is 4.79 Å². The highest BCUT2D eigenvalue weighted by atomic mass is 16.1. The van der Waals surface area contributed by atoms with Crippen molar-refractivity contribution >= 4 is 5.91 Å². The predicted molar refractivity (Wildman–Crippen MR) is 62.4 cm³/mol. The van der Waals surface area contributed by atoms with Crippen LogP contribution in [0.4, 0.5) is 0 Å². The van der Waals surface area contributed by atoms with Crippen molar-refractivity contribution in [1.29, 1.82) is 0 Å². The van der Waals surface area contributed by atoms with E-state index in [9.17, 15) is 4.79 Å². The Morgan fingerprint density at radius 1 is 1.53 bits per heavy atom. The Balaban J connectivity index is 2.11. The molecule has 0 heterocycles. The first-order chi connectivity index (χ1) is 7.11. The van der Waals surface area contributed by atoms with Gasteiger partial charge in [0.1, 0.15) is 0 Å². The number of nitrogens with one attached hydrogen (secondary N) is 1. The highest BCUT2D eigenvalue weighted by Crippen LogP contribution is 2.23. The van der Waals surface area contributed by atoms with E-state index < -0.39 is 0 Å². The van der Waals surface area contributed by atoms with Crippen molar-refractivity contribution in [3.05, 3.63) is 0 Å². The van der Waals surface area contributed by atoms with Gasteiger partial charge in [0.05, 0.1) is 0 Å². The third kappa shape index (κ3) is 4.65. The maximum atomic E-state index is 11.5. The average molecular weight is 212 g/mol. The molecule has 0 aliphatic heterocycles. The van der Waals surface area contributed by atoms with Crippen molar-refractivity contribution in [2.45, 2.75) is 52.0 Å². The first-order valence-corrected chi connectivity index (χ1v) is 6.14. The number of carbonyl (C=O) groups is 1. The molecule has 3 atom stereocenters. The maximum Gasteiger partial charge on any atom is 0.220 e. The Labute approximate surface area is 92.8 Å². The van der Waals surface area contributed by atoms with E-state index in [0.29, 0.717) is 24.3 Å². The van der Waals surface area contributed by atoms with Gasteiger partial charge in [0, 0.05) is 19.0 Å². The topological polar surface area (TPSA) is 55.1 Å². The second kappa shape index (κ2) is 6.11. The lowest BCUT2D eigenvalue weighted by Gasteiger charge is -2.12. The van der Waals surface area contributed by atoms with Crippen molar-refractivity contribution in [2.75, 3.05) is 6.54 Å². The fourth-order valence-corrected chi connectivity index (χ4v) is 2.09. The van der Waals surface area contributed by atoms with Gasteiger partial charge < -0.3 is 11.1 Å². The van der Waals surface area contributed by atoms with Crippen LogP contribution in [-0.4, -0.2) is 18.5 Å². The van der Waals surface area contributed by atoms with Crippen LogP contribution in [0.3, 0.4) is 0 Å². The molecule has 1 fully saturated rings. The van der Waals surface area contributed by atoms with Crippen LogP contribution in [0.25, 0.3) is 0 Å². The van der Waals surface area contributed by atoms with E-state index in [0.717, 1.165) is 25.8 Å². The van der Waals surface area contributed by atoms with Crippen LogP contribution in [0.2, 0.25) is 0 Å². The van der Waals surface area contributed by atoms with E-state index in [4.69, 9.17) is 5.73 Å². The van der Waals surface area contributed by atoms with E-state index in [1.165, 1.54) is 6.42 Å². The van der Waals surface area contributed by atoms with Gasteiger partial charge in [-0.3, -0.25) is 4.79 Å². The molecule has 1 rings (SSSR count). The summed E-state index contributed by atoms with van der Waals surface area (Å²) in [6.45, 7) is 5.06. The Bertz CT molecular complexity index is 206. The summed E-state index contributed by atoms with van der Waals surface area (Å²) in [6.07, 6.45) is 5.09. The summed E-state index contributed by atoms with van der Waals surface area (Å²) in [5.74, 6) is 1.31. The lowest BCUT2D eigenvalue weighted by molar-refractivity contribution is -0.122. The summed E-state index contributed by atoms with van der Waals surface area (Å²) in [6, 6.07) is 0.362. The molecule has 3 unspecified atom stereocenters. The smallest absolute Gasteiger partial charge is 0.220 e. The molecule has 3 nitrogen and oxygen atoms in total. The van der Waals surface area contributed by atoms with Crippen molar-refractivity contribution in [1.82, 2.24) is 5.32 Å². The van der Waals surface area contributed by atoms with E-state index in [2.05, 4.69) is 19.2 Å². The van der Waals surface area contributed by atoms with Crippen LogP contribution in [0.15, 0.2) is 0 Å². The number of nitrogens with two attached hydrogens (primary N) is 1. The van der Waals surface area contributed by atoms with E-state index >= 15 is 0 Å². The van der Waals surface area contributed by atoms with Crippen LogP contribution in [0, 0.1) is 11.8 Å². The molecule has 0 radical (unpaired) electrons. The molecule has 0 spiro atoms. The second-order valence-electron chi connectivity index (χ2n) is 4.96. The zero-order valence-corrected chi connectivity index (χ0v) is 9.96. The SMILES string of the molecule is CCC(C)CC(=O)NCC1CCC(N)C1. The van der Waals surface area contributed by atoms with E-state index in [-0.39, 0.29) is 5.91 Å². The molecule has 0 bridgehead atoms. The number of amides is 1. The van der Waals surface area contributed by atoms with Gasteiger partial charge in [-0.2, -0.15) is 0 Å².